The van der Waals surface area contributed by atoms with Crippen molar-refractivity contribution in [2.75, 3.05) is 0 Å². The van der Waals surface area contributed by atoms with Crippen LogP contribution in [-0.2, 0) is 0 Å². The van der Waals surface area contributed by atoms with E-state index in [0.29, 0.717) is 0 Å². The fourth-order valence-electron chi connectivity index (χ4n) is 1.20. The van der Waals surface area contributed by atoms with Crippen LogP contribution in [0.15, 0.2) is 4.63 Å². The molecule has 1 saturated carbocycles. The van der Waals surface area contributed by atoms with E-state index in [2.05, 4.69) is 14.9 Å². The first-order valence-corrected chi connectivity index (χ1v) is 4.00. The number of primary amides is 1. The lowest BCUT2D eigenvalue weighted by Gasteiger charge is -2.03. The summed E-state index contributed by atoms with van der Waals surface area (Å²) in [6.45, 7) is 0. The Morgan fingerprint density at radius 1 is 1.62 bits per heavy atom. The van der Waals surface area contributed by atoms with Crippen molar-refractivity contribution in [3.63, 3.8) is 0 Å². The molecule has 70 valence electrons. The van der Waals surface area contributed by atoms with Gasteiger partial charge in [0.05, 0.1) is 0 Å². The van der Waals surface area contributed by atoms with E-state index in [0.717, 1.165) is 12.8 Å². The highest BCUT2D eigenvalue weighted by molar-refractivity contribution is 5.91. The van der Waals surface area contributed by atoms with Crippen LogP contribution in [0.1, 0.15) is 35.1 Å². The number of hydrogen-bond acceptors (Lipinski definition) is 5. The van der Waals surface area contributed by atoms with Gasteiger partial charge in [0.1, 0.15) is 11.8 Å². The van der Waals surface area contributed by atoms with Crippen LogP contribution in [0.4, 0.5) is 0 Å². The number of hydrogen-bond donors (Lipinski definition) is 2. The van der Waals surface area contributed by atoms with Gasteiger partial charge in [0.15, 0.2) is 5.69 Å². The topological polar surface area (TPSA) is 102 Å². The minimum Gasteiger partial charge on any atom is -0.386 e. The molecule has 0 saturated heterocycles. The number of rotatable bonds is 3. The van der Waals surface area contributed by atoms with Gasteiger partial charge in [-0.3, -0.25) is 4.79 Å². The second-order valence-corrected chi connectivity index (χ2v) is 3.14. The summed E-state index contributed by atoms with van der Waals surface area (Å²) in [5, 5.41) is 16.4. The van der Waals surface area contributed by atoms with Gasteiger partial charge in [-0.05, 0) is 23.9 Å². The number of carbonyl (C=O) groups excluding carboxylic acids is 1. The number of aromatic nitrogens is 2. The van der Waals surface area contributed by atoms with Crippen molar-refractivity contribution < 1.29 is 14.5 Å². The molecule has 0 unspecified atom stereocenters. The van der Waals surface area contributed by atoms with Crippen LogP contribution in [0.3, 0.4) is 0 Å². The summed E-state index contributed by atoms with van der Waals surface area (Å²) >= 11 is 0. The predicted octanol–water partition coefficient (Wildman–Crippen LogP) is -0.388. The minimum atomic E-state index is -0.770. The Morgan fingerprint density at radius 3 is 2.85 bits per heavy atom. The second-order valence-electron chi connectivity index (χ2n) is 3.14. The third-order valence-electron chi connectivity index (χ3n) is 2.10. The van der Waals surface area contributed by atoms with Crippen molar-refractivity contribution in [2.45, 2.75) is 18.9 Å². The van der Waals surface area contributed by atoms with E-state index >= 15 is 0 Å². The molecule has 2 rings (SSSR count). The van der Waals surface area contributed by atoms with Crippen molar-refractivity contribution in [3.8, 4) is 0 Å². The third kappa shape index (κ3) is 1.40. The normalized spacial score (nSPS) is 18.5. The summed E-state index contributed by atoms with van der Waals surface area (Å²) in [4.78, 5) is 10.8. The van der Waals surface area contributed by atoms with E-state index in [1.165, 1.54) is 0 Å². The Bertz CT molecular complexity index is 331. The number of nitrogens with two attached hydrogens (primary N) is 1. The van der Waals surface area contributed by atoms with E-state index in [4.69, 9.17) is 5.73 Å². The Labute approximate surface area is 73.7 Å². The lowest BCUT2D eigenvalue weighted by atomic mass is 10.1. The van der Waals surface area contributed by atoms with Gasteiger partial charge in [-0.15, -0.1) is 0 Å². The molecular weight excluding hydrogens is 174 g/mol. The molecule has 1 heterocycles. The first-order valence-electron chi connectivity index (χ1n) is 4.00. The SMILES string of the molecule is NC(=O)c1nonc1[C@@H](O)C1CC1. The molecule has 6 nitrogen and oxygen atoms in total. The van der Waals surface area contributed by atoms with Gasteiger partial charge in [-0.1, -0.05) is 5.16 Å². The standard InChI is InChI=1S/C7H9N3O3/c8-7(12)5-4(9-13-10-5)6(11)3-1-2-3/h3,6,11H,1-2H2,(H2,8,12)/t6-/m0/s1. The number of carbonyl (C=O) groups is 1. The maximum absolute atomic E-state index is 10.8. The van der Waals surface area contributed by atoms with Gasteiger partial charge in [-0.25, -0.2) is 4.63 Å². The monoisotopic (exact) mass is 183 g/mol. The molecule has 1 aromatic heterocycles. The third-order valence-corrected chi connectivity index (χ3v) is 2.10. The van der Waals surface area contributed by atoms with E-state index in [-0.39, 0.29) is 17.3 Å². The van der Waals surface area contributed by atoms with E-state index in [1.807, 2.05) is 0 Å². The Balaban J connectivity index is 2.27. The number of amides is 1. The van der Waals surface area contributed by atoms with Crippen molar-refractivity contribution in [1.82, 2.24) is 10.3 Å². The Hall–Kier alpha value is -1.43. The second kappa shape index (κ2) is 2.81. The predicted molar refractivity (Wildman–Crippen MR) is 40.5 cm³/mol. The quantitative estimate of drug-likeness (QED) is 0.664. The molecule has 1 atom stereocenters. The zero-order valence-electron chi connectivity index (χ0n) is 6.80. The first-order chi connectivity index (χ1) is 6.20. The Kier molecular flexibility index (Phi) is 1.77. The molecule has 13 heavy (non-hydrogen) atoms. The molecule has 6 heteroatoms. The maximum atomic E-state index is 10.8. The molecule has 0 aliphatic heterocycles. The summed E-state index contributed by atoms with van der Waals surface area (Å²) in [6.07, 6.45) is 1.10. The van der Waals surface area contributed by atoms with Crippen molar-refractivity contribution >= 4 is 5.91 Å². The van der Waals surface area contributed by atoms with Gasteiger partial charge >= 0.3 is 0 Å². The fourth-order valence-corrected chi connectivity index (χ4v) is 1.20. The lowest BCUT2D eigenvalue weighted by Crippen LogP contribution is -2.16. The molecule has 1 aliphatic carbocycles. The number of aliphatic hydroxyl groups excluding tert-OH is 1. The first kappa shape index (κ1) is 8.18. The summed E-state index contributed by atoms with van der Waals surface area (Å²) in [6, 6.07) is 0. The van der Waals surface area contributed by atoms with E-state index in [1.54, 1.807) is 0 Å². The van der Waals surface area contributed by atoms with Gasteiger partial charge in [0.2, 0.25) is 0 Å². The summed E-state index contributed by atoms with van der Waals surface area (Å²) in [5.74, 6) is -0.555. The molecule has 3 N–H and O–H groups in total. The van der Waals surface area contributed by atoms with E-state index < -0.39 is 12.0 Å². The maximum Gasteiger partial charge on any atom is 0.273 e. The van der Waals surface area contributed by atoms with Gasteiger partial charge < -0.3 is 10.8 Å². The summed E-state index contributed by atoms with van der Waals surface area (Å²) < 4.78 is 4.35. The zero-order chi connectivity index (χ0) is 9.42. The molecular formula is C7H9N3O3. The smallest absolute Gasteiger partial charge is 0.273 e. The van der Waals surface area contributed by atoms with Crippen LogP contribution in [0, 0.1) is 5.92 Å². The highest BCUT2D eigenvalue weighted by Gasteiger charge is 2.35. The zero-order valence-corrected chi connectivity index (χ0v) is 6.80. The molecule has 0 bridgehead atoms. The average Bonchev–Trinajstić information content (AvgIpc) is 2.80. The van der Waals surface area contributed by atoms with E-state index in [9.17, 15) is 9.90 Å². The molecule has 1 fully saturated rings. The van der Waals surface area contributed by atoms with Gasteiger partial charge in [0.25, 0.3) is 5.91 Å². The van der Waals surface area contributed by atoms with Gasteiger partial charge in [0, 0.05) is 0 Å². The summed E-state index contributed by atoms with van der Waals surface area (Å²) in [5.41, 5.74) is 5.10. The largest absolute Gasteiger partial charge is 0.386 e. The van der Waals surface area contributed by atoms with Crippen molar-refractivity contribution in [2.24, 2.45) is 11.7 Å². The molecule has 0 spiro atoms. The number of nitrogens with zero attached hydrogens (tertiary/aromatic N) is 2. The van der Waals surface area contributed by atoms with Crippen LogP contribution in [0.5, 0.6) is 0 Å². The minimum absolute atomic E-state index is 0.0700. The van der Waals surface area contributed by atoms with Crippen LogP contribution in [0.25, 0.3) is 0 Å². The fraction of sp³-hybridized carbons (Fsp3) is 0.571. The van der Waals surface area contributed by atoms with Crippen LogP contribution in [-0.4, -0.2) is 21.3 Å². The molecule has 1 amide bonds. The van der Waals surface area contributed by atoms with Gasteiger partial charge in [-0.2, -0.15) is 0 Å². The lowest BCUT2D eigenvalue weighted by molar-refractivity contribution is 0.0981. The summed E-state index contributed by atoms with van der Waals surface area (Å²) in [7, 11) is 0. The number of aliphatic hydroxyl groups is 1. The molecule has 1 aromatic rings. The highest BCUT2D eigenvalue weighted by Crippen LogP contribution is 2.40. The molecule has 0 radical (unpaired) electrons. The average molecular weight is 183 g/mol. The van der Waals surface area contributed by atoms with Crippen molar-refractivity contribution in [1.29, 1.82) is 0 Å². The molecule has 0 aromatic carbocycles. The van der Waals surface area contributed by atoms with Crippen LogP contribution >= 0.6 is 0 Å². The van der Waals surface area contributed by atoms with Crippen LogP contribution in [0.2, 0.25) is 0 Å². The van der Waals surface area contributed by atoms with Crippen molar-refractivity contribution in [3.05, 3.63) is 11.4 Å². The van der Waals surface area contributed by atoms with Crippen LogP contribution < -0.4 is 5.73 Å². The Morgan fingerprint density at radius 2 is 2.31 bits per heavy atom. The highest BCUT2D eigenvalue weighted by atomic mass is 16.6. The molecule has 1 aliphatic rings.